The molecule has 4 rings (SSSR count). The number of dihydropyridines is 1. The molecule has 2 aromatic carbocycles. The Labute approximate surface area is 245 Å². The van der Waals surface area contributed by atoms with Gasteiger partial charge in [-0.3, -0.25) is 4.79 Å². The normalized spacial score (nSPS) is 13.8. The largest absolute Gasteiger partial charge is 0.460 e. The molecule has 0 saturated carbocycles. The molecule has 0 unspecified atom stereocenters. The Hall–Kier alpha value is -4.21. The number of fused-ring (bicyclic) bond motifs is 1. The summed E-state index contributed by atoms with van der Waals surface area (Å²) in [7, 11) is 0. The molecule has 222 valence electrons. The molecule has 1 aromatic heterocycles. The van der Waals surface area contributed by atoms with Crippen LogP contribution in [0, 0.1) is 6.92 Å². The van der Waals surface area contributed by atoms with Gasteiger partial charge < -0.3 is 28.7 Å². The van der Waals surface area contributed by atoms with Crippen molar-refractivity contribution in [3.8, 4) is 11.3 Å². The van der Waals surface area contributed by atoms with E-state index in [0.29, 0.717) is 46.9 Å². The van der Waals surface area contributed by atoms with Gasteiger partial charge in [0.15, 0.2) is 5.43 Å². The van der Waals surface area contributed by atoms with E-state index < -0.39 is 17.9 Å². The summed E-state index contributed by atoms with van der Waals surface area (Å²) in [5.41, 5.74) is 3.19. The van der Waals surface area contributed by atoms with Gasteiger partial charge in [0.2, 0.25) is 0 Å². The Bertz CT molecular complexity index is 1520. The van der Waals surface area contributed by atoms with Crippen molar-refractivity contribution < 1.29 is 33.0 Å². The number of para-hydroxylation sites is 1. The van der Waals surface area contributed by atoms with Gasteiger partial charge in [-0.05, 0) is 40.7 Å². The molecule has 42 heavy (non-hydrogen) atoms. The first-order valence-electron chi connectivity index (χ1n) is 14.1. The van der Waals surface area contributed by atoms with Crippen LogP contribution in [0.4, 0.5) is 0 Å². The molecule has 9 heteroatoms. The van der Waals surface area contributed by atoms with E-state index in [1.165, 1.54) is 0 Å². The van der Waals surface area contributed by atoms with Gasteiger partial charge in [0.1, 0.15) is 24.6 Å². The van der Waals surface area contributed by atoms with Gasteiger partial charge in [-0.1, -0.05) is 42.5 Å². The fourth-order valence-corrected chi connectivity index (χ4v) is 5.10. The lowest BCUT2D eigenvalue weighted by Gasteiger charge is -2.30. The molecule has 2 heterocycles. The number of hydrogen-bond donors (Lipinski definition) is 1. The number of hydrogen-bond acceptors (Lipinski definition) is 9. The Morgan fingerprint density at radius 2 is 1.36 bits per heavy atom. The number of rotatable bonds is 12. The molecule has 0 atom stereocenters. The predicted octanol–water partition coefficient (Wildman–Crippen LogP) is 5.16. The summed E-state index contributed by atoms with van der Waals surface area (Å²) in [5, 5.41) is 3.49. The maximum atomic E-state index is 13.6. The second-order valence-corrected chi connectivity index (χ2v) is 9.78. The highest BCUT2D eigenvalue weighted by molar-refractivity contribution is 6.01. The van der Waals surface area contributed by atoms with Crippen molar-refractivity contribution in [2.75, 3.05) is 39.6 Å². The van der Waals surface area contributed by atoms with Gasteiger partial charge in [0, 0.05) is 41.3 Å². The highest BCUT2D eigenvalue weighted by atomic mass is 16.6. The third-order valence-electron chi connectivity index (χ3n) is 7.05. The van der Waals surface area contributed by atoms with Gasteiger partial charge in [0.25, 0.3) is 0 Å². The van der Waals surface area contributed by atoms with Crippen molar-refractivity contribution >= 4 is 22.9 Å². The zero-order valence-electron chi connectivity index (χ0n) is 24.7. The number of allylic oxidation sites excluding steroid dienone is 2. The van der Waals surface area contributed by atoms with Crippen molar-refractivity contribution in [1.29, 1.82) is 0 Å². The molecular weight excluding hydrogens is 538 g/mol. The number of ether oxygens (including phenoxy) is 4. The van der Waals surface area contributed by atoms with Gasteiger partial charge in [-0.25, -0.2) is 9.59 Å². The summed E-state index contributed by atoms with van der Waals surface area (Å²) in [6.45, 7) is 10.4. The van der Waals surface area contributed by atoms with E-state index in [1.807, 2.05) is 44.2 Å². The SMILES string of the molecule is CCOCCOC(=O)C1=C(C)NC(C)=C(C(=O)OCCOCC)C1c1cccc2c(=O)c(C)c(-c3ccccc3)oc12. The van der Waals surface area contributed by atoms with Crippen LogP contribution in [0.3, 0.4) is 0 Å². The molecular formula is C33H37NO8. The van der Waals surface area contributed by atoms with Gasteiger partial charge in [-0.2, -0.15) is 0 Å². The first-order chi connectivity index (χ1) is 20.3. The fourth-order valence-electron chi connectivity index (χ4n) is 5.10. The summed E-state index contributed by atoms with van der Waals surface area (Å²) in [6, 6.07) is 14.5. The highest BCUT2D eigenvalue weighted by Gasteiger charge is 2.39. The highest BCUT2D eigenvalue weighted by Crippen LogP contribution is 2.42. The minimum Gasteiger partial charge on any atom is -0.460 e. The Kier molecular flexibility index (Phi) is 10.3. The minimum atomic E-state index is -0.941. The number of benzene rings is 2. The molecule has 0 aliphatic carbocycles. The molecule has 0 bridgehead atoms. The molecule has 1 N–H and O–H groups in total. The zero-order valence-corrected chi connectivity index (χ0v) is 24.7. The van der Waals surface area contributed by atoms with Crippen molar-refractivity contribution in [2.24, 2.45) is 0 Å². The van der Waals surface area contributed by atoms with Crippen LogP contribution >= 0.6 is 0 Å². The van der Waals surface area contributed by atoms with Crippen LogP contribution in [0.1, 0.15) is 44.7 Å². The van der Waals surface area contributed by atoms with Crippen LogP contribution in [-0.4, -0.2) is 51.6 Å². The Morgan fingerprint density at radius 1 is 0.786 bits per heavy atom. The maximum absolute atomic E-state index is 13.6. The summed E-state index contributed by atoms with van der Waals surface area (Å²) < 4.78 is 28.3. The van der Waals surface area contributed by atoms with Crippen molar-refractivity contribution in [3.63, 3.8) is 0 Å². The van der Waals surface area contributed by atoms with Gasteiger partial charge in [-0.15, -0.1) is 0 Å². The summed E-state index contributed by atoms with van der Waals surface area (Å²) in [6.07, 6.45) is 0. The first-order valence-corrected chi connectivity index (χ1v) is 14.1. The second-order valence-electron chi connectivity index (χ2n) is 9.78. The summed E-state index contributed by atoms with van der Waals surface area (Å²) in [5.74, 6) is -1.76. The van der Waals surface area contributed by atoms with Crippen molar-refractivity contribution in [2.45, 2.75) is 40.5 Å². The van der Waals surface area contributed by atoms with E-state index in [1.54, 1.807) is 39.0 Å². The standard InChI is InChI=1S/C33H37NO8/c1-6-38-16-18-40-32(36)26-21(4)34-22(5)27(33(37)41-19-17-39-7-2)28(26)24-14-11-15-25-29(35)20(3)30(42-31(24)25)23-12-9-8-10-13-23/h8-15,28,34H,6-7,16-19H2,1-5H3. The number of carbonyl (C=O) groups excluding carboxylic acids is 2. The van der Waals surface area contributed by atoms with Gasteiger partial charge in [0.05, 0.1) is 35.7 Å². The number of nitrogens with one attached hydrogen (secondary N) is 1. The van der Waals surface area contributed by atoms with E-state index in [0.717, 1.165) is 5.56 Å². The summed E-state index contributed by atoms with van der Waals surface area (Å²) >= 11 is 0. The second kappa shape index (κ2) is 14.1. The molecule has 0 amide bonds. The van der Waals surface area contributed by atoms with Crippen molar-refractivity contribution in [1.82, 2.24) is 5.32 Å². The minimum absolute atomic E-state index is 0.0367. The fraction of sp³-hybridized carbons (Fsp3) is 0.364. The smallest absolute Gasteiger partial charge is 0.336 e. The van der Waals surface area contributed by atoms with Crippen molar-refractivity contribution in [3.05, 3.63) is 92.4 Å². The average molecular weight is 576 g/mol. The Morgan fingerprint density at radius 3 is 1.90 bits per heavy atom. The molecule has 0 saturated heterocycles. The molecule has 0 radical (unpaired) electrons. The van der Waals surface area contributed by atoms with E-state index >= 15 is 0 Å². The summed E-state index contributed by atoms with van der Waals surface area (Å²) in [4.78, 5) is 40.8. The van der Waals surface area contributed by atoms with E-state index in [2.05, 4.69) is 5.32 Å². The lowest BCUT2D eigenvalue weighted by Crippen LogP contribution is -2.33. The van der Waals surface area contributed by atoms with E-state index in [-0.39, 0.29) is 48.6 Å². The maximum Gasteiger partial charge on any atom is 0.336 e. The molecule has 0 fully saturated rings. The topological polar surface area (TPSA) is 113 Å². The van der Waals surface area contributed by atoms with E-state index in [9.17, 15) is 14.4 Å². The van der Waals surface area contributed by atoms with Gasteiger partial charge >= 0.3 is 11.9 Å². The average Bonchev–Trinajstić information content (AvgIpc) is 2.99. The lowest BCUT2D eigenvalue weighted by atomic mass is 9.79. The van der Waals surface area contributed by atoms with Crippen LogP contribution in [0.25, 0.3) is 22.3 Å². The first kappa shape index (κ1) is 30.7. The zero-order chi connectivity index (χ0) is 30.2. The third-order valence-corrected chi connectivity index (χ3v) is 7.05. The molecule has 3 aromatic rings. The van der Waals surface area contributed by atoms with Crippen LogP contribution < -0.4 is 10.7 Å². The molecule has 9 nitrogen and oxygen atoms in total. The third kappa shape index (κ3) is 6.48. The van der Waals surface area contributed by atoms with E-state index in [4.69, 9.17) is 23.4 Å². The molecule has 1 aliphatic rings. The van der Waals surface area contributed by atoms with Crippen LogP contribution in [-0.2, 0) is 28.5 Å². The quantitative estimate of drug-likeness (QED) is 0.231. The molecule has 1 aliphatic heterocycles. The predicted molar refractivity (Wildman–Crippen MR) is 159 cm³/mol. The van der Waals surface area contributed by atoms with Crippen LogP contribution in [0.15, 0.2) is 80.3 Å². The lowest BCUT2D eigenvalue weighted by molar-refractivity contribution is -0.141. The number of carbonyl (C=O) groups is 2. The van der Waals surface area contributed by atoms with Crippen LogP contribution in [0.5, 0.6) is 0 Å². The Balaban J connectivity index is 1.91. The number of esters is 2. The van der Waals surface area contributed by atoms with Crippen LogP contribution in [0.2, 0.25) is 0 Å². The molecule has 0 spiro atoms. The monoisotopic (exact) mass is 575 g/mol.